The molecule has 0 saturated carbocycles. The molecule has 0 aliphatic heterocycles. The first-order chi connectivity index (χ1) is 8.63. The summed E-state index contributed by atoms with van der Waals surface area (Å²) >= 11 is 0. The third-order valence-electron chi connectivity index (χ3n) is 2.41. The molecule has 5 nitrogen and oxygen atoms in total. The van der Waals surface area contributed by atoms with Crippen LogP contribution in [-0.4, -0.2) is 22.3 Å². The van der Waals surface area contributed by atoms with E-state index in [-0.39, 0.29) is 17.4 Å². The molecule has 1 aromatic carbocycles. The summed E-state index contributed by atoms with van der Waals surface area (Å²) in [6.45, 7) is 2.08. The maximum absolute atomic E-state index is 11.3. The van der Waals surface area contributed by atoms with Crippen LogP contribution in [0, 0.1) is 0 Å². The van der Waals surface area contributed by atoms with E-state index in [2.05, 4.69) is 17.5 Å². The van der Waals surface area contributed by atoms with E-state index < -0.39 is 0 Å². The van der Waals surface area contributed by atoms with Crippen LogP contribution in [-0.2, 0) is 4.79 Å². The number of carbonyl (C=O) groups excluding carboxylic acids is 1. The zero-order valence-electron chi connectivity index (χ0n) is 10.4. The second-order valence-electron chi connectivity index (χ2n) is 4.00. The monoisotopic (exact) mass is 250 g/mol. The number of carbonyl (C=O) groups is 1. The topological polar surface area (TPSA) is 81.9 Å². The molecule has 0 saturated heterocycles. The summed E-state index contributed by atoms with van der Waals surface area (Å²) in [5.74, 6) is -0.522. The number of hydrazone groups is 1. The van der Waals surface area contributed by atoms with E-state index in [0.717, 1.165) is 19.3 Å². The van der Waals surface area contributed by atoms with Gasteiger partial charge < -0.3 is 10.2 Å². The van der Waals surface area contributed by atoms with Crippen molar-refractivity contribution in [2.45, 2.75) is 32.6 Å². The van der Waals surface area contributed by atoms with Gasteiger partial charge in [-0.15, -0.1) is 0 Å². The van der Waals surface area contributed by atoms with Crippen molar-refractivity contribution in [2.75, 3.05) is 0 Å². The van der Waals surface area contributed by atoms with Crippen molar-refractivity contribution in [1.82, 2.24) is 5.43 Å². The Morgan fingerprint density at radius 2 is 2.11 bits per heavy atom. The third-order valence-corrected chi connectivity index (χ3v) is 2.41. The van der Waals surface area contributed by atoms with Gasteiger partial charge in [-0.2, -0.15) is 5.10 Å². The highest BCUT2D eigenvalue weighted by molar-refractivity contribution is 5.83. The minimum absolute atomic E-state index is 0.122. The summed E-state index contributed by atoms with van der Waals surface area (Å²) in [7, 11) is 0. The number of phenols is 2. The normalized spacial score (nSPS) is 10.7. The van der Waals surface area contributed by atoms with Crippen LogP contribution in [0.15, 0.2) is 23.3 Å². The van der Waals surface area contributed by atoms with Gasteiger partial charge in [0.05, 0.1) is 6.21 Å². The number of rotatable bonds is 6. The molecular weight excluding hydrogens is 232 g/mol. The number of unbranched alkanes of at least 4 members (excludes halogenated alkanes) is 2. The van der Waals surface area contributed by atoms with Crippen LogP contribution in [0.3, 0.4) is 0 Å². The average molecular weight is 250 g/mol. The quantitative estimate of drug-likeness (QED) is 0.313. The average Bonchev–Trinajstić information content (AvgIpc) is 2.34. The van der Waals surface area contributed by atoms with Crippen molar-refractivity contribution in [3.63, 3.8) is 0 Å². The Morgan fingerprint density at radius 3 is 2.78 bits per heavy atom. The van der Waals surface area contributed by atoms with Crippen LogP contribution >= 0.6 is 0 Å². The molecule has 0 aliphatic rings. The van der Waals surface area contributed by atoms with Crippen molar-refractivity contribution >= 4 is 12.1 Å². The van der Waals surface area contributed by atoms with Crippen molar-refractivity contribution in [2.24, 2.45) is 5.10 Å². The summed E-state index contributed by atoms with van der Waals surface area (Å²) in [5, 5.41) is 22.1. The summed E-state index contributed by atoms with van der Waals surface area (Å²) in [5.41, 5.74) is 3.01. The molecule has 1 rings (SSSR count). The number of amides is 1. The van der Waals surface area contributed by atoms with Gasteiger partial charge in [-0.1, -0.05) is 19.8 Å². The van der Waals surface area contributed by atoms with Crippen molar-refractivity contribution < 1.29 is 15.0 Å². The number of benzene rings is 1. The van der Waals surface area contributed by atoms with Gasteiger partial charge >= 0.3 is 0 Å². The first-order valence-electron chi connectivity index (χ1n) is 5.97. The predicted molar refractivity (Wildman–Crippen MR) is 69.7 cm³/mol. The van der Waals surface area contributed by atoms with Crippen molar-refractivity contribution in [3.8, 4) is 11.5 Å². The summed E-state index contributed by atoms with van der Waals surface area (Å²) in [6.07, 6.45) is 4.84. The number of nitrogens with zero attached hydrogens (tertiary/aromatic N) is 1. The molecule has 5 heteroatoms. The maximum Gasteiger partial charge on any atom is 0.240 e. The Morgan fingerprint density at radius 1 is 1.33 bits per heavy atom. The zero-order chi connectivity index (χ0) is 13.4. The SMILES string of the molecule is CCCCCC(=O)N/N=C/c1ccc(O)c(O)c1. The fourth-order valence-electron chi connectivity index (χ4n) is 1.39. The van der Waals surface area contributed by atoms with Gasteiger partial charge in [0.15, 0.2) is 11.5 Å². The molecule has 0 spiro atoms. The second kappa shape index (κ2) is 7.32. The lowest BCUT2D eigenvalue weighted by atomic mass is 10.2. The van der Waals surface area contributed by atoms with Gasteiger partial charge in [0.1, 0.15) is 0 Å². The standard InChI is InChI=1S/C13H18N2O3/c1-2-3-4-5-13(18)15-14-9-10-6-7-11(16)12(17)8-10/h6-9,16-17H,2-5H2,1H3,(H,15,18)/b14-9+. The molecule has 0 unspecified atom stereocenters. The van der Waals surface area contributed by atoms with E-state index in [4.69, 9.17) is 5.11 Å². The van der Waals surface area contributed by atoms with Crippen LogP contribution < -0.4 is 5.43 Å². The largest absolute Gasteiger partial charge is 0.504 e. The van der Waals surface area contributed by atoms with Gasteiger partial charge in [-0.3, -0.25) is 4.79 Å². The molecule has 0 atom stereocenters. The summed E-state index contributed by atoms with van der Waals surface area (Å²) in [4.78, 5) is 11.3. The van der Waals surface area contributed by atoms with E-state index >= 15 is 0 Å². The molecule has 0 aliphatic carbocycles. The van der Waals surface area contributed by atoms with Gasteiger partial charge in [0.2, 0.25) is 5.91 Å². The van der Waals surface area contributed by atoms with Crippen LogP contribution in [0.1, 0.15) is 38.2 Å². The highest BCUT2D eigenvalue weighted by Crippen LogP contribution is 2.23. The molecule has 18 heavy (non-hydrogen) atoms. The van der Waals surface area contributed by atoms with Crippen LogP contribution in [0.25, 0.3) is 0 Å². The van der Waals surface area contributed by atoms with Gasteiger partial charge in [0, 0.05) is 6.42 Å². The number of hydrogen-bond acceptors (Lipinski definition) is 4. The first-order valence-corrected chi connectivity index (χ1v) is 5.97. The molecule has 0 heterocycles. The molecule has 0 bridgehead atoms. The molecule has 1 aromatic rings. The lowest BCUT2D eigenvalue weighted by Gasteiger charge is -2.00. The van der Waals surface area contributed by atoms with E-state index in [1.54, 1.807) is 6.07 Å². The smallest absolute Gasteiger partial charge is 0.240 e. The van der Waals surface area contributed by atoms with Crippen LogP contribution in [0.2, 0.25) is 0 Å². The number of hydrogen-bond donors (Lipinski definition) is 3. The van der Waals surface area contributed by atoms with E-state index in [9.17, 15) is 9.90 Å². The van der Waals surface area contributed by atoms with Crippen molar-refractivity contribution in [1.29, 1.82) is 0 Å². The maximum atomic E-state index is 11.3. The third kappa shape index (κ3) is 4.86. The van der Waals surface area contributed by atoms with E-state index in [1.807, 2.05) is 0 Å². The molecular formula is C13H18N2O3. The summed E-state index contributed by atoms with van der Waals surface area (Å²) in [6, 6.07) is 4.31. The highest BCUT2D eigenvalue weighted by atomic mass is 16.3. The number of phenolic OH excluding ortho intramolecular Hbond substituents is 2. The Bertz CT molecular complexity index is 430. The Labute approximate surface area is 106 Å². The number of nitrogens with one attached hydrogen (secondary N) is 1. The number of aromatic hydroxyl groups is 2. The molecule has 1 amide bonds. The van der Waals surface area contributed by atoms with Gasteiger partial charge in [-0.25, -0.2) is 5.43 Å². The van der Waals surface area contributed by atoms with Gasteiger partial charge in [0.25, 0.3) is 0 Å². The fourth-order valence-corrected chi connectivity index (χ4v) is 1.39. The highest BCUT2D eigenvalue weighted by Gasteiger charge is 2.00. The predicted octanol–water partition coefficient (Wildman–Crippen LogP) is 2.13. The Kier molecular flexibility index (Phi) is 5.70. The molecule has 0 radical (unpaired) electrons. The first kappa shape index (κ1) is 14.0. The molecule has 0 fully saturated rings. The fraction of sp³-hybridized carbons (Fsp3) is 0.385. The van der Waals surface area contributed by atoms with Crippen LogP contribution in [0.4, 0.5) is 0 Å². The minimum atomic E-state index is -0.215. The lowest BCUT2D eigenvalue weighted by molar-refractivity contribution is -0.121. The second-order valence-corrected chi connectivity index (χ2v) is 4.00. The summed E-state index contributed by atoms with van der Waals surface area (Å²) < 4.78 is 0. The minimum Gasteiger partial charge on any atom is -0.504 e. The van der Waals surface area contributed by atoms with Crippen LogP contribution in [0.5, 0.6) is 11.5 Å². The molecule has 3 N–H and O–H groups in total. The van der Waals surface area contributed by atoms with Crippen molar-refractivity contribution in [3.05, 3.63) is 23.8 Å². The van der Waals surface area contributed by atoms with E-state index in [0.29, 0.717) is 12.0 Å². The zero-order valence-corrected chi connectivity index (χ0v) is 10.4. The molecule has 98 valence electrons. The van der Waals surface area contributed by atoms with Gasteiger partial charge in [-0.05, 0) is 30.2 Å². The Hall–Kier alpha value is -2.04. The lowest BCUT2D eigenvalue weighted by Crippen LogP contribution is -2.16. The van der Waals surface area contributed by atoms with E-state index in [1.165, 1.54) is 18.3 Å². The Balaban J connectivity index is 2.40. The molecule has 0 aromatic heterocycles.